The first-order valence-corrected chi connectivity index (χ1v) is 7.72. The second kappa shape index (κ2) is 8.14. The number of nitrogens with one attached hydrogen (secondary N) is 1. The molecule has 0 saturated heterocycles. The largest absolute Gasteiger partial charge is 0.496 e. The summed E-state index contributed by atoms with van der Waals surface area (Å²) in [5, 5.41) is 15.7. The Kier molecular flexibility index (Phi) is 5.93. The predicted octanol–water partition coefficient (Wildman–Crippen LogP) is 2.40. The first kappa shape index (κ1) is 16.8. The van der Waals surface area contributed by atoms with Crippen LogP contribution >= 0.6 is 11.3 Å². The maximum Gasteiger partial charge on any atom is 0.314 e. The highest BCUT2D eigenvalue weighted by Gasteiger charge is 2.17. The molecular weight excluding hydrogens is 320 g/mol. The molecule has 23 heavy (non-hydrogen) atoms. The van der Waals surface area contributed by atoms with Crippen molar-refractivity contribution >= 4 is 22.9 Å². The van der Waals surface area contributed by atoms with Crippen LogP contribution in [-0.4, -0.2) is 31.1 Å². The standard InChI is InChI=1S/C15H16N2O5S/c1-21-11-4-5-14(13(9-11)17(19)20)22-10-15(18)16-7-6-12-3-2-8-23-12/h2-5,8-9H,6-7,10H2,1H3,(H,16,18). The number of carbonyl (C=O) groups excluding carboxylic acids is 1. The van der Waals surface area contributed by atoms with Crippen molar-refractivity contribution < 1.29 is 19.2 Å². The number of ether oxygens (including phenoxy) is 2. The van der Waals surface area contributed by atoms with Crippen molar-refractivity contribution in [2.24, 2.45) is 0 Å². The Morgan fingerprint density at radius 1 is 1.39 bits per heavy atom. The molecule has 0 spiro atoms. The molecule has 0 atom stereocenters. The van der Waals surface area contributed by atoms with Crippen LogP contribution in [0.25, 0.3) is 0 Å². The zero-order valence-corrected chi connectivity index (χ0v) is 13.3. The van der Waals surface area contributed by atoms with Gasteiger partial charge >= 0.3 is 5.69 Å². The SMILES string of the molecule is COc1ccc(OCC(=O)NCCc2cccs2)c([N+](=O)[O-])c1. The zero-order valence-electron chi connectivity index (χ0n) is 12.5. The molecule has 1 aromatic carbocycles. The summed E-state index contributed by atoms with van der Waals surface area (Å²) in [5.74, 6) is 0.0559. The quantitative estimate of drug-likeness (QED) is 0.590. The number of benzene rings is 1. The molecule has 1 heterocycles. The van der Waals surface area contributed by atoms with Gasteiger partial charge in [0.05, 0.1) is 18.1 Å². The first-order valence-electron chi connectivity index (χ1n) is 6.84. The van der Waals surface area contributed by atoms with Crippen molar-refractivity contribution in [3.63, 3.8) is 0 Å². The maximum absolute atomic E-state index is 11.7. The third-order valence-corrected chi connectivity index (χ3v) is 3.93. The van der Waals surface area contributed by atoms with Gasteiger partial charge in [0.25, 0.3) is 5.91 Å². The van der Waals surface area contributed by atoms with E-state index in [1.807, 2.05) is 17.5 Å². The van der Waals surface area contributed by atoms with Gasteiger partial charge in [0.15, 0.2) is 12.4 Å². The third-order valence-electron chi connectivity index (χ3n) is 3.00. The molecule has 2 aromatic rings. The molecule has 1 amide bonds. The van der Waals surface area contributed by atoms with Crippen molar-refractivity contribution in [2.45, 2.75) is 6.42 Å². The normalized spacial score (nSPS) is 10.1. The van der Waals surface area contributed by atoms with Gasteiger partial charge in [-0.05, 0) is 30.0 Å². The lowest BCUT2D eigenvalue weighted by Gasteiger charge is -2.08. The number of thiophene rings is 1. The van der Waals surface area contributed by atoms with Crippen LogP contribution < -0.4 is 14.8 Å². The van der Waals surface area contributed by atoms with Gasteiger partial charge in [-0.15, -0.1) is 11.3 Å². The maximum atomic E-state index is 11.7. The molecule has 0 radical (unpaired) electrons. The van der Waals surface area contributed by atoms with E-state index < -0.39 is 4.92 Å². The fraction of sp³-hybridized carbons (Fsp3) is 0.267. The first-order chi connectivity index (χ1) is 11.1. The van der Waals surface area contributed by atoms with Gasteiger partial charge in [-0.2, -0.15) is 0 Å². The summed E-state index contributed by atoms with van der Waals surface area (Å²) >= 11 is 1.62. The fourth-order valence-corrected chi connectivity index (χ4v) is 2.57. The number of hydrogen-bond acceptors (Lipinski definition) is 6. The molecule has 1 N–H and O–H groups in total. The van der Waals surface area contributed by atoms with Gasteiger partial charge in [0, 0.05) is 11.4 Å². The van der Waals surface area contributed by atoms with Crippen molar-refractivity contribution in [1.29, 1.82) is 0 Å². The van der Waals surface area contributed by atoms with Crippen LogP contribution in [0.2, 0.25) is 0 Å². The summed E-state index contributed by atoms with van der Waals surface area (Å²) in [6.07, 6.45) is 0.742. The fourth-order valence-electron chi connectivity index (χ4n) is 1.86. The minimum absolute atomic E-state index is 0.0317. The van der Waals surface area contributed by atoms with Crippen LogP contribution in [0.4, 0.5) is 5.69 Å². The van der Waals surface area contributed by atoms with Gasteiger partial charge < -0.3 is 14.8 Å². The molecule has 122 valence electrons. The van der Waals surface area contributed by atoms with E-state index >= 15 is 0 Å². The van der Waals surface area contributed by atoms with E-state index in [-0.39, 0.29) is 24.0 Å². The van der Waals surface area contributed by atoms with E-state index in [0.717, 1.165) is 6.42 Å². The summed E-state index contributed by atoms with van der Waals surface area (Å²) in [5.41, 5.74) is -0.240. The smallest absolute Gasteiger partial charge is 0.314 e. The molecule has 1 aromatic heterocycles. The second-order valence-electron chi connectivity index (χ2n) is 4.56. The molecule has 0 aliphatic carbocycles. The van der Waals surface area contributed by atoms with Crippen molar-refractivity contribution in [1.82, 2.24) is 5.32 Å². The van der Waals surface area contributed by atoms with E-state index in [9.17, 15) is 14.9 Å². The highest BCUT2D eigenvalue weighted by molar-refractivity contribution is 7.09. The Morgan fingerprint density at radius 2 is 2.22 bits per heavy atom. The van der Waals surface area contributed by atoms with E-state index in [1.165, 1.54) is 30.2 Å². The lowest BCUT2D eigenvalue weighted by molar-refractivity contribution is -0.385. The predicted molar refractivity (Wildman–Crippen MR) is 86.2 cm³/mol. The molecule has 0 saturated carbocycles. The van der Waals surface area contributed by atoms with Crippen molar-refractivity contribution in [3.05, 3.63) is 50.7 Å². The number of hydrogen-bond donors (Lipinski definition) is 1. The molecular formula is C15H16N2O5S. The summed E-state index contributed by atoms with van der Waals surface area (Å²) < 4.78 is 10.2. The molecule has 8 heteroatoms. The summed E-state index contributed by atoms with van der Waals surface area (Å²) in [6.45, 7) is 0.213. The topological polar surface area (TPSA) is 90.7 Å². The number of amides is 1. The van der Waals surface area contributed by atoms with Crippen molar-refractivity contribution in [2.75, 3.05) is 20.3 Å². The minimum Gasteiger partial charge on any atom is -0.496 e. The molecule has 0 aliphatic rings. The number of rotatable bonds is 8. The highest BCUT2D eigenvalue weighted by Crippen LogP contribution is 2.30. The van der Waals surface area contributed by atoms with Crippen molar-refractivity contribution in [3.8, 4) is 11.5 Å². The lowest BCUT2D eigenvalue weighted by atomic mass is 10.3. The average Bonchev–Trinajstić information content (AvgIpc) is 3.06. The monoisotopic (exact) mass is 336 g/mol. The number of carbonyl (C=O) groups is 1. The van der Waals surface area contributed by atoms with Crippen LogP contribution in [-0.2, 0) is 11.2 Å². The Balaban J connectivity index is 1.84. The van der Waals surface area contributed by atoms with Gasteiger partial charge in [-0.1, -0.05) is 6.07 Å². The summed E-state index contributed by atoms with van der Waals surface area (Å²) in [4.78, 5) is 23.3. The Bertz CT molecular complexity index is 673. The van der Waals surface area contributed by atoms with Gasteiger partial charge in [-0.3, -0.25) is 14.9 Å². The number of methoxy groups -OCH3 is 1. The molecule has 7 nitrogen and oxygen atoms in total. The molecule has 0 fully saturated rings. The van der Waals surface area contributed by atoms with E-state index in [4.69, 9.17) is 9.47 Å². The average molecular weight is 336 g/mol. The van der Waals surface area contributed by atoms with Crippen LogP contribution in [0.5, 0.6) is 11.5 Å². The van der Waals surface area contributed by atoms with E-state index in [1.54, 1.807) is 11.3 Å². The van der Waals surface area contributed by atoms with Gasteiger partial charge in [0.2, 0.25) is 0 Å². The van der Waals surface area contributed by atoms with Gasteiger partial charge in [-0.25, -0.2) is 0 Å². The van der Waals surface area contributed by atoms with Gasteiger partial charge in [0.1, 0.15) is 5.75 Å². The molecule has 0 aliphatic heterocycles. The minimum atomic E-state index is -0.577. The Morgan fingerprint density at radius 3 is 2.87 bits per heavy atom. The zero-order chi connectivity index (χ0) is 16.7. The summed E-state index contributed by atoms with van der Waals surface area (Å²) in [7, 11) is 1.42. The Hall–Kier alpha value is -2.61. The van der Waals surface area contributed by atoms with Crippen LogP contribution in [0.3, 0.4) is 0 Å². The van der Waals surface area contributed by atoms with E-state index in [2.05, 4.69) is 5.32 Å². The molecule has 0 unspecified atom stereocenters. The lowest BCUT2D eigenvalue weighted by Crippen LogP contribution is -2.30. The van der Waals surface area contributed by atoms with Crippen LogP contribution in [0.1, 0.15) is 4.88 Å². The Labute approximate surface area is 137 Å². The number of nitro groups is 1. The summed E-state index contributed by atoms with van der Waals surface area (Å²) in [6, 6.07) is 8.15. The molecule has 0 bridgehead atoms. The second-order valence-corrected chi connectivity index (χ2v) is 5.59. The molecule has 2 rings (SSSR count). The number of nitrogens with zero attached hydrogens (tertiary/aromatic N) is 1. The van der Waals surface area contributed by atoms with E-state index in [0.29, 0.717) is 12.3 Å². The van der Waals surface area contributed by atoms with Crippen LogP contribution in [0.15, 0.2) is 35.7 Å². The third kappa shape index (κ3) is 4.96. The number of nitro benzene ring substituents is 1. The van der Waals surface area contributed by atoms with Crippen LogP contribution in [0, 0.1) is 10.1 Å². The highest BCUT2D eigenvalue weighted by atomic mass is 32.1.